The number of hydrogen-bond acceptors (Lipinski definition) is 1. The Balaban J connectivity index is 2.13. The Labute approximate surface area is 116 Å². The molecule has 1 saturated carbocycles. The van der Waals surface area contributed by atoms with E-state index in [1.54, 1.807) is 0 Å². The van der Waals surface area contributed by atoms with Crippen LogP contribution in [0.4, 0.5) is 4.39 Å². The van der Waals surface area contributed by atoms with E-state index in [2.05, 4.69) is 0 Å². The maximum atomic E-state index is 14.1. The van der Waals surface area contributed by atoms with Gasteiger partial charge in [-0.3, -0.25) is 0 Å². The maximum absolute atomic E-state index is 14.1. The highest BCUT2D eigenvalue weighted by Gasteiger charge is 2.23. The first-order valence-corrected chi connectivity index (χ1v) is 6.79. The van der Waals surface area contributed by atoms with Crippen LogP contribution in [-0.4, -0.2) is 11.1 Å². The molecule has 0 aliphatic heterocycles. The molecule has 1 N–H and O–H groups in total. The second kappa shape index (κ2) is 5.08. The summed E-state index contributed by atoms with van der Waals surface area (Å²) in [7, 11) is 0. The smallest absolute Gasteiger partial charge is 0.335 e. The van der Waals surface area contributed by atoms with Crippen molar-refractivity contribution in [3.05, 3.63) is 59.4 Å². The Morgan fingerprint density at radius 2 is 1.85 bits per heavy atom. The van der Waals surface area contributed by atoms with E-state index in [4.69, 9.17) is 5.11 Å². The second-order valence-electron chi connectivity index (χ2n) is 5.21. The Morgan fingerprint density at radius 1 is 1.10 bits per heavy atom. The summed E-state index contributed by atoms with van der Waals surface area (Å²) in [5.41, 5.74) is 2.44. The number of aromatic carboxylic acids is 1. The number of rotatable bonds is 3. The lowest BCUT2D eigenvalue weighted by Gasteiger charge is -2.28. The van der Waals surface area contributed by atoms with Gasteiger partial charge in [0.15, 0.2) is 0 Å². The number of halogens is 1. The first kappa shape index (κ1) is 12.9. The van der Waals surface area contributed by atoms with Gasteiger partial charge >= 0.3 is 5.97 Å². The molecular formula is C17H15FO2. The van der Waals surface area contributed by atoms with Crippen molar-refractivity contribution in [1.29, 1.82) is 0 Å². The summed E-state index contributed by atoms with van der Waals surface area (Å²) in [4.78, 5) is 11.1. The van der Waals surface area contributed by atoms with E-state index in [1.165, 1.54) is 24.6 Å². The minimum atomic E-state index is -1.03. The van der Waals surface area contributed by atoms with Crippen LogP contribution in [0.3, 0.4) is 0 Å². The molecule has 2 aromatic carbocycles. The van der Waals surface area contributed by atoms with Gasteiger partial charge in [0.1, 0.15) is 5.82 Å². The van der Waals surface area contributed by atoms with Crippen molar-refractivity contribution in [2.45, 2.75) is 25.2 Å². The fraction of sp³-hybridized carbons (Fsp3) is 0.235. The Hall–Kier alpha value is -2.16. The molecule has 0 saturated heterocycles. The molecule has 1 aliphatic carbocycles. The third-order valence-electron chi connectivity index (χ3n) is 4.01. The average Bonchev–Trinajstić information content (AvgIpc) is 2.38. The van der Waals surface area contributed by atoms with Crippen molar-refractivity contribution >= 4 is 5.97 Å². The van der Waals surface area contributed by atoms with Gasteiger partial charge in [-0.2, -0.15) is 0 Å². The van der Waals surface area contributed by atoms with Crippen LogP contribution in [0.1, 0.15) is 41.1 Å². The van der Waals surface area contributed by atoms with Crippen LogP contribution in [0, 0.1) is 5.82 Å². The highest BCUT2D eigenvalue weighted by atomic mass is 19.1. The number of carboxylic acids is 1. The molecule has 0 aromatic heterocycles. The van der Waals surface area contributed by atoms with Gasteiger partial charge in [-0.25, -0.2) is 9.18 Å². The lowest BCUT2D eigenvalue weighted by Crippen LogP contribution is -2.10. The molecule has 0 radical (unpaired) electrons. The van der Waals surface area contributed by atoms with Crippen LogP contribution in [0.2, 0.25) is 0 Å². The number of carboxylic acid groups (broad SMARTS) is 1. The largest absolute Gasteiger partial charge is 0.478 e. The lowest BCUT2D eigenvalue weighted by molar-refractivity contribution is 0.0697. The van der Waals surface area contributed by atoms with Gasteiger partial charge in [0.05, 0.1) is 5.56 Å². The second-order valence-corrected chi connectivity index (χ2v) is 5.21. The standard InChI is InChI=1S/C17H15FO2/c18-16-9-8-12(17(19)20)10-15(16)14-7-2-1-6-13(14)11-4-3-5-11/h1-2,6-11H,3-5H2,(H,19,20). The molecule has 3 heteroatoms. The number of benzene rings is 2. The van der Waals surface area contributed by atoms with Crippen LogP contribution < -0.4 is 0 Å². The molecule has 2 aromatic rings. The maximum Gasteiger partial charge on any atom is 0.335 e. The van der Waals surface area contributed by atoms with Gasteiger partial charge in [0.25, 0.3) is 0 Å². The summed E-state index contributed by atoms with van der Waals surface area (Å²) < 4.78 is 14.1. The number of carbonyl (C=O) groups is 1. The fourth-order valence-corrected chi connectivity index (χ4v) is 2.68. The molecule has 3 rings (SSSR count). The highest BCUT2D eigenvalue weighted by Crippen LogP contribution is 2.41. The average molecular weight is 270 g/mol. The summed E-state index contributed by atoms with van der Waals surface area (Å²) in [6, 6.07) is 11.7. The zero-order valence-corrected chi connectivity index (χ0v) is 11.0. The summed E-state index contributed by atoms with van der Waals surface area (Å²) in [5, 5.41) is 9.06. The third-order valence-corrected chi connectivity index (χ3v) is 4.01. The van der Waals surface area contributed by atoms with E-state index >= 15 is 0 Å². The van der Waals surface area contributed by atoms with E-state index < -0.39 is 5.97 Å². The lowest BCUT2D eigenvalue weighted by atomic mass is 9.77. The molecule has 102 valence electrons. The molecule has 0 unspecified atom stereocenters. The zero-order chi connectivity index (χ0) is 14.1. The van der Waals surface area contributed by atoms with Gasteiger partial charge in [-0.05, 0) is 48.1 Å². The predicted molar refractivity (Wildman–Crippen MR) is 75.4 cm³/mol. The van der Waals surface area contributed by atoms with E-state index in [0.29, 0.717) is 11.5 Å². The zero-order valence-electron chi connectivity index (χ0n) is 11.0. The molecule has 0 heterocycles. The van der Waals surface area contributed by atoms with Crippen molar-refractivity contribution in [2.24, 2.45) is 0 Å². The molecule has 0 amide bonds. The van der Waals surface area contributed by atoms with Crippen molar-refractivity contribution in [3.63, 3.8) is 0 Å². The normalized spacial score (nSPS) is 14.8. The van der Waals surface area contributed by atoms with Gasteiger partial charge < -0.3 is 5.11 Å². The number of hydrogen-bond donors (Lipinski definition) is 1. The van der Waals surface area contributed by atoms with Gasteiger partial charge in [0.2, 0.25) is 0 Å². The fourth-order valence-electron chi connectivity index (χ4n) is 2.68. The van der Waals surface area contributed by atoms with Crippen molar-refractivity contribution in [1.82, 2.24) is 0 Å². The summed E-state index contributed by atoms with van der Waals surface area (Å²) in [5.74, 6) is -0.937. The summed E-state index contributed by atoms with van der Waals surface area (Å²) in [6.45, 7) is 0. The van der Waals surface area contributed by atoms with Crippen molar-refractivity contribution in [3.8, 4) is 11.1 Å². The highest BCUT2D eigenvalue weighted by molar-refractivity contribution is 5.89. The van der Waals surface area contributed by atoms with Crippen LogP contribution in [0.15, 0.2) is 42.5 Å². The van der Waals surface area contributed by atoms with E-state index in [1.807, 2.05) is 24.3 Å². The first-order valence-electron chi connectivity index (χ1n) is 6.79. The van der Waals surface area contributed by atoms with Crippen LogP contribution >= 0.6 is 0 Å². The molecule has 20 heavy (non-hydrogen) atoms. The molecule has 2 nitrogen and oxygen atoms in total. The first-order chi connectivity index (χ1) is 9.66. The van der Waals surface area contributed by atoms with Gasteiger partial charge in [-0.1, -0.05) is 30.7 Å². The quantitative estimate of drug-likeness (QED) is 0.894. The molecule has 0 bridgehead atoms. The minimum Gasteiger partial charge on any atom is -0.478 e. The third kappa shape index (κ3) is 2.20. The summed E-state index contributed by atoms with van der Waals surface area (Å²) >= 11 is 0. The molecule has 1 fully saturated rings. The Kier molecular flexibility index (Phi) is 3.26. The molecule has 1 aliphatic rings. The van der Waals surface area contributed by atoms with E-state index in [-0.39, 0.29) is 11.4 Å². The predicted octanol–water partition coefficient (Wildman–Crippen LogP) is 4.46. The topological polar surface area (TPSA) is 37.3 Å². The SMILES string of the molecule is O=C(O)c1ccc(F)c(-c2ccccc2C2CCC2)c1. The van der Waals surface area contributed by atoms with Gasteiger partial charge in [0, 0.05) is 5.56 Å². The van der Waals surface area contributed by atoms with Crippen LogP contribution in [0.25, 0.3) is 11.1 Å². The molecule has 0 atom stereocenters. The molecular weight excluding hydrogens is 255 g/mol. The Morgan fingerprint density at radius 3 is 2.50 bits per heavy atom. The van der Waals surface area contributed by atoms with Crippen molar-refractivity contribution < 1.29 is 14.3 Å². The van der Waals surface area contributed by atoms with E-state index in [9.17, 15) is 9.18 Å². The van der Waals surface area contributed by atoms with Crippen molar-refractivity contribution in [2.75, 3.05) is 0 Å². The monoisotopic (exact) mass is 270 g/mol. The summed E-state index contributed by atoms with van der Waals surface area (Å²) in [6.07, 6.45) is 3.45. The minimum absolute atomic E-state index is 0.116. The van der Waals surface area contributed by atoms with Crippen LogP contribution in [-0.2, 0) is 0 Å². The van der Waals surface area contributed by atoms with E-state index in [0.717, 1.165) is 24.0 Å². The Bertz CT molecular complexity index is 660. The van der Waals surface area contributed by atoms with Gasteiger partial charge in [-0.15, -0.1) is 0 Å². The molecule has 0 spiro atoms. The van der Waals surface area contributed by atoms with Crippen LogP contribution in [0.5, 0.6) is 0 Å².